The van der Waals surface area contributed by atoms with Crippen molar-refractivity contribution in [2.24, 2.45) is 0 Å². The first-order valence-corrected chi connectivity index (χ1v) is 5.21. The molecule has 0 fully saturated rings. The topological polar surface area (TPSA) is 23.8 Å². The number of nitriles is 1. The van der Waals surface area contributed by atoms with Gasteiger partial charge in [0.25, 0.3) is 0 Å². The van der Waals surface area contributed by atoms with Crippen molar-refractivity contribution in [1.29, 1.82) is 5.26 Å². The molecule has 0 bridgehead atoms. The summed E-state index contributed by atoms with van der Waals surface area (Å²) in [6.45, 7) is 2.02. The molecule has 0 aliphatic rings. The normalized spacial score (nSPS) is 11.7. The van der Waals surface area contributed by atoms with Gasteiger partial charge in [-0.25, -0.2) is 0 Å². The number of unbranched alkanes of at least 4 members (excludes halogenated alkanes) is 3. The molecule has 0 aromatic heterocycles. The van der Waals surface area contributed by atoms with E-state index in [0.29, 0.717) is 6.42 Å². The maximum atomic E-state index is 8.29. The van der Waals surface area contributed by atoms with E-state index in [9.17, 15) is 0 Å². The van der Waals surface area contributed by atoms with E-state index < -0.39 is 0 Å². The predicted molar refractivity (Wildman–Crippen MR) is 61.8 cm³/mol. The second-order valence-corrected chi connectivity index (χ2v) is 3.05. The van der Waals surface area contributed by atoms with Gasteiger partial charge < -0.3 is 0 Å². The quantitative estimate of drug-likeness (QED) is 0.335. The number of allylic oxidation sites excluding steroid dienone is 6. The van der Waals surface area contributed by atoms with Crippen molar-refractivity contribution in [3.05, 3.63) is 36.5 Å². The number of rotatable bonds is 7. The highest BCUT2D eigenvalue weighted by Gasteiger charge is 1.80. The molecule has 1 nitrogen and oxygen atoms in total. The van der Waals surface area contributed by atoms with Gasteiger partial charge in [0.05, 0.1) is 6.07 Å². The average Bonchev–Trinajstić information content (AvgIpc) is 2.21. The van der Waals surface area contributed by atoms with Crippen molar-refractivity contribution in [3.8, 4) is 6.07 Å². The van der Waals surface area contributed by atoms with E-state index in [1.165, 1.54) is 6.42 Å². The van der Waals surface area contributed by atoms with E-state index in [0.717, 1.165) is 19.3 Å². The molecule has 0 aliphatic heterocycles. The van der Waals surface area contributed by atoms with Gasteiger partial charge in [0.1, 0.15) is 0 Å². The third kappa shape index (κ3) is 10.7. The van der Waals surface area contributed by atoms with Crippen molar-refractivity contribution in [3.63, 3.8) is 0 Å². The molecule has 1 heteroatoms. The predicted octanol–water partition coefficient (Wildman–Crippen LogP) is 4.15. The van der Waals surface area contributed by atoms with Crippen LogP contribution in [0.5, 0.6) is 0 Å². The van der Waals surface area contributed by atoms with Crippen LogP contribution in [0.3, 0.4) is 0 Å². The van der Waals surface area contributed by atoms with Crippen molar-refractivity contribution >= 4 is 0 Å². The SMILES string of the molecule is C/C=C/C=C/CCC/C=C/CCC#N. The van der Waals surface area contributed by atoms with Crippen LogP contribution in [-0.4, -0.2) is 0 Å². The molecular weight excluding hydrogens is 170 g/mol. The molecule has 0 radical (unpaired) electrons. The molecule has 0 unspecified atom stereocenters. The van der Waals surface area contributed by atoms with Crippen molar-refractivity contribution in [2.45, 2.75) is 39.0 Å². The molecule has 0 spiro atoms. The summed E-state index contributed by atoms with van der Waals surface area (Å²) >= 11 is 0. The highest BCUT2D eigenvalue weighted by Crippen LogP contribution is 1.99. The lowest BCUT2D eigenvalue weighted by atomic mass is 10.2. The molecular formula is C13H19N. The summed E-state index contributed by atoms with van der Waals surface area (Å²) in [4.78, 5) is 0. The molecule has 14 heavy (non-hydrogen) atoms. The Kier molecular flexibility index (Phi) is 10.6. The number of nitrogens with zero attached hydrogens (tertiary/aromatic N) is 1. The van der Waals surface area contributed by atoms with Gasteiger partial charge in [0.2, 0.25) is 0 Å². The largest absolute Gasteiger partial charge is 0.198 e. The first-order valence-electron chi connectivity index (χ1n) is 5.21. The van der Waals surface area contributed by atoms with E-state index in [4.69, 9.17) is 5.26 Å². The van der Waals surface area contributed by atoms with Gasteiger partial charge in [-0.05, 0) is 32.6 Å². The van der Waals surface area contributed by atoms with Crippen LogP contribution >= 0.6 is 0 Å². The first-order chi connectivity index (χ1) is 6.91. The van der Waals surface area contributed by atoms with Gasteiger partial charge in [0.15, 0.2) is 0 Å². The van der Waals surface area contributed by atoms with Gasteiger partial charge in [-0.15, -0.1) is 0 Å². The van der Waals surface area contributed by atoms with Gasteiger partial charge in [-0.3, -0.25) is 0 Å². The monoisotopic (exact) mass is 189 g/mol. The minimum absolute atomic E-state index is 0.637. The molecule has 0 rings (SSSR count). The summed E-state index contributed by atoms with van der Waals surface area (Å²) in [5, 5.41) is 8.29. The molecule has 0 aromatic carbocycles. The van der Waals surface area contributed by atoms with Crippen LogP contribution in [-0.2, 0) is 0 Å². The van der Waals surface area contributed by atoms with Gasteiger partial charge in [-0.2, -0.15) is 5.26 Å². The zero-order valence-corrected chi connectivity index (χ0v) is 8.95. The zero-order chi connectivity index (χ0) is 10.5. The standard InChI is InChI=1S/C13H19N/c1-2-3-4-5-6-7-8-9-10-11-12-13-14/h2-5,9-10H,6-8,11-12H2,1H3/b3-2+,5-4+,10-9+. The molecule has 0 aromatic rings. The maximum absolute atomic E-state index is 8.29. The smallest absolute Gasteiger partial charge is 0.0624 e. The number of hydrogen-bond donors (Lipinski definition) is 0. The molecule has 0 saturated heterocycles. The third-order valence-corrected chi connectivity index (χ3v) is 1.77. The van der Waals surface area contributed by atoms with Gasteiger partial charge in [-0.1, -0.05) is 36.5 Å². The zero-order valence-electron chi connectivity index (χ0n) is 8.95. The summed E-state index contributed by atoms with van der Waals surface area (Å²) in [5.74, 6) is 0. The molecule has 0 amide bonds. The van der Waals surface area contributed by atoms with Crippen LogP contribution in [0.2, 0.25) is 0 Å². The Hall–Kier alpha value is -1.29. The highest BCUT2D eigenvalue weighted by molar-refractivity contribution is 5.00. The van der Waals surface area contributed by atoms with Crippen molar-refractivity contribution in [1.82, 2.24) is 0 Å². The summed E-state index contributed by atoms with van der Waals surface area (Å²) in [5.41, 5.74) is 0. The second kappa shape index (κ2) is 11.7. The van der Waals surface area contributed by atoms with Crippen LogP contribution in [0.25, 0.3) is 0 Å². The molecule has 0 N–H and O–H groups in total. The van der Waals surface area contributed by atoms with E-state index in [1.54, 1.807) is 0 Å². The average molecular weight is 189 g/mol. The van der Waals surface area contributed by atoms with E-state index >= 15 is 0 Å². The molecule has 0 atom stereocenters. The Morgan fingerprint density at radius 2 is 1.71 bits per heavy atom. The van der Waals surface area contributed by atoms with Crippen molar-refractivity contribution < 1.29 is 0 Å². The van der Waals surface area contributed by atoms with Crippen LogP contribution < -0.4 is 0 Å². The Morgan fingerprint density at radius 1 is 1.00 bits per heavy atom. The first kappa shape index (κ1) is 12.7. The minimum Gasteiger partial charge on any atom is -0.198 e. The lowest BCUT2D eigenvalue weighted by Crippen LogP contribution is -1.69. The minimum atomic E-state index is 0.637. The Labute approximate surface area is 87.4 Å². The fraction of sp³-hybridized carbons (Fsp3) is 0.462. The van der Waals surface area contributed by atoms with Crippen LogP contribution in [0.15, 0.2) is 36.5 Å². The molecule has 76 valence electrons. The Morgan fingerprint density at radius 3 is 2.43 bits per heavy atom. The summed E-state index contributed by atoms with van der Waals surface area (Å²) in [6, 6.07) is 2.12. The lowest BCUT2D eigenvalue weighted by Gasteiger charge is -1.89. The van der Waals surface area contributed by atoms with E-state index in [-0.39, 0.29) is 0 Å². The van der Waals surface area contributed by atoms with Crippen molar-refractivity contribution in [2.75, 3.05) is 0 Å². The van der Waals surface area contributed by atoms with Gasteiger partial charge >= 0.3 is 0 Å². The van der Waals surface area contributed by atoms with Gasteiger partial charge in [0, 0.05) is 6.42 Å². The van der Waals surface area contributed by atoms with Crippen LogP contribution in [0.4, 0.5) is 0 Å². The second-order valence-electron chi connectivity index (χ2n) is 3.05. The maximum Gasteiger partial charge on any atom is 0.0624 e. The van der Waals surface area contributed by atoms with Crippen LogP contribution in [0, 0.1) is 11.3 Å². The molecule has 0 aliphatic carbocycles. The summed E-state index contributed by atoms with van der Waals surface area (Å²) in [6.07, 6.45) is 17.6. The molecule has 0 saturated carbocycles. The fourth-order valence-corrected chi connectivity index (χ4v) is 1.02. The Balaban J connectivity index is 3.21. The van der Waals surface area contributed by atoms with E-state index in [1.807, 2.05) is 19.1 Å². The van der Waals surface area contributed by atoms with E-state index in [2.05, 4.69) is 30.4 Å². The lowest BCUT2D eigenvalue weighted by molar-refractivity contribution is 0.863. The van der Waals surface area contributed by atoms with Crippen LogP contribution in [0.1, 0.15) is 39.0 Å². The Bertz CT molecular complexity index is 228. The molecule has 0 heterocycles. The number of hydrogen-bond acceptors (Lipinski definition) is 1. The summed E-state index contributed by atoms with van der Waals surface area (Å²) in [7, 11) is 0. The highest BCUT2D eigenvalue weighted by atomic mass is 14.2. The fourth-order valence-electron chi connectivity index (χ4n) is 1.02. The summed E-state index contributed by atoms with van der Waals surface area (Å²) < 4.78 is 0. The third-order valence-electron chi connectivity index (χ3n) is 1.77.